The van der Waals surface area contributed by atoms with Crippen molar-refractivity contribution in [2.75, 3.05) is 26.4 Å². The molecular weight excluding hydrogens is 341 g/mol. The van der Waals surface area contributed by atoms with Gasteiger partial charge in [0, 0.05) is 23.1 Å². The first kappa shape index (κ1) is 16.1. The third-order valence-corrected chi connectivity index (χ3v) is 3.61. The molecule has 1 saturated heterocycles. The molecule has 1 fully saturated rings. The minimum absolute atomic E-state index is 0.163. The van der Waals surface area contributed by atoms with Gasteiger partial charge in [-0.3, -0.25) is 4.79 Å². The Balaban J connectivity index is 2.12. The number of carbonyl (C=O) groups excluding carboxylic acids is 1. The van der Waals surface area contributed by atoms with Crippen molar-refractivity contribution in [1.29, 1.82) is 0 Å². The van der Waals surface area contributed by atoms with Crippen LogP contribution in [0.3, 0.4) is 0 Å². The molecule has 0 aromatic heterocycles. The molecule has 114 valence electrons. The Morgan fingerprint density at radius 3 is 3.00 bits per heavy atom. The van der Waals surface area contributed by atoms with E-state index in [9.17, 15) is 9.18 Å². The number of rotatable bonds is 5. The number of benzene rings is 1. The van der Waals surface area contributed by atoms with E-state index < -0.39 is 6.10 Å². The summed E-state index contributed by atoms with van der Waals surface area (Å²) in [6, 6.07) is 4.66. The summed E-state index contributed by atoms with van der Waals surface area (Å²) in [6.07, 6.45) is 0.978. The smallest absolute Gasteiger partial charge is 0.254 e. The van der Waals surface area contributed by atoms with Gasteiger partial charge in [0.05, 0.1) is 19.8 Å². The molecule has 0 bridgehead atoms. The second kappa shape index (κ2) is 7.68. The zero-order valence-electron chi connectivity index (χ0n) is 11.6. The fraction of sp³-hybridized carbons (Fsp3) is 0.400. The van der Waals surface area contributed by atoms with Gasteiger partial charge in [-0.05, 0) is 18.2 Å². The molecule has 0 N–H and O–H groups in total. The number of amides is 1. The molecule has 1 aromatic rings. The highest BCUT2D eigenvalue weighted by molar-refractivity contribution is 9.10. The quantitative estimate of drug-likeness (QED) is 0.760. The van der Waals surface area contributed by atoms with Crippen LogP contribution in [0.4, 0.5) is 4.39 Å². The van der Waals surface area contributed by atoms with E-state index in [-0.39, 0.29) is 24.9 Å². The summed E-state index contributed by atoms with van der Waals surface area (Å²) in [4.78, 5) is 13.9. The van der Waals surface area contributed by atoms with Gasteiger partial charge in [0.15, 0.2) is 6.10 Å². The maximum atomic E-state index is 13.8. The van der Waals surface area contributed by atoms with Gasteiger partial charge >= 0.3 is 0 Å². The van der Waals surface area contributed by atoms with Gasteiger partial charge in [0.1, 0.15) is 5.82 Å². The van der Waals surface area contributed by atoms with Gasteiger partial charge in [-0.15, -0.1) is 6.58 Å². The lowest BCUT2D eigenvalue weighted by molar-refractivity contribution is -0.158. The van der Waals surface area contributed by atoms with Gasteiger partial charge in [-0.2, -0.15) is 0 Å². The summed E-state index contributed by atoms with van der Waals surface area (Å²) in [5.74, 6) is -0.560. The summed E-state index contributed by atoms with van der Waals surface area (Å²) in [5, 5.41) is 0. The number of halogens is 2. The van der Waals surface area contributed by atoms with Crippen LogP contribution in [0, 0.1) is 5.82 Å². The maximum absolute atomic E-state index is 13.8. The number of hydrogen-bond donors (Lipinski definition) is 0. The zero-order valence-corrected chi connectivity index (χ0v) is 13.1. The van der Waals surface area contributed by atoms with Crippen molar-refractivity contribution in [3.63, 3.8) is 0 Å². The van der Waals surface area contributed by atoms with Crippen LogP contribution in [0.25, 0.3) is 0 Å². The van der Waals surface area contributed by atoms with Crippen molar-refractivity contribution in [1.82, 2.24) is 4.90 Å². The zero-order chi connectivity index (χ0) is 15.2. The Morgan fingerprint density at radius 2 is 2.33 bits per heavy atom. The van der Waals surface area contributed by atoms with Crippen LogP contribution in [0.5, 0.6) is 0 Å². The Kier molecular flexibility index (Phi) is 5.90. The predicted octanol–water partition coefficient (Wildman–Crippen LogP) is 2.52. The Bertz CT molecular complexity index is 518. The molecule has 0 radical (unpaired) electrons. The summed E-state index contributed by atoms with van der Waals surface area (Å²) < 4.78 is 25.3. The summed E-state index contributed by atoms with van der Waals surface area (Å²) >= 11 is 3.30. The lowest BCUT2D eigenvalue weighted by atomic mass is 10.2. The normalized spacial score (nSPS) is 18.3. The maximum Gasteiger partial charge on any atom is 0.254 e. The Hall–Kier alpha value is -1.24. The van der Waals surface area contributed by atoms with Crippen LogP contribution in [0.15, 0.2) is 35.3 Å². The van der Waals surface area contributed by atoms with Crippen LogP contribution in [0.2, 0.25) is 0 Å². The number of nitrogens with zero attached hydrogens (tertiary/aromatic N) is 1. The van der Waals surface area contributed by atoms with Gasteiger partial charge in [-0.25, -0.2) is 4.39 Å². The van der Waals surface area contributed by atoms with Crippen LogP contribution in [-0.2, 0) is 20.8 Å². The molecule has 1 aliphatic heterocycles. The van der Waals surface area contributed by atoms with Crippen LogP contribution in [0.1, 0.15) is 5.56 Å². The van der Waals surface area contributed by atoms with Gasteiger partial charge in [0.2, 0.25) is 0 Å². The highest BCUT2D eigenvalue weighted by atomic mass is 79.9. The van der Waals surface area contributed by atoms with E-state index in [0.717, 1.165) is 4.47 Å². The third kappa shape index (κ3) is 4.36. The van der Waals surface area contributed by atoms with Gasteiger partial charge < -0.3 is 14.4 Å². The molecule has 1 heterocycles. The standard InChI is InChI=1S/C15H17BrFNO3/c1-2-5-18(15(19)14-10-20-6-7-21-14)9-11-8-12(16)3-4-13(11)17/h2-4,8,14H,1,5-7,9-10H2. The molecule has 0 saturated carbocycles. The van der Waals surface area contributed by atoms with Crippen molar-refractivity contribution < 1.29 is 18.7 Å². The number of hydrogen-bond acceptors (Lipinski definition) is 3. The lowest BCUT2D eigenvalue weighted by Crippen LogP contribution is -2.45. The van der Waals surface area contributed by atoms with E-state index in [0.29, 0.717) is 25.3 Å². The molecule has 4 nitrogen and oxygen atoms in total. The van der Waals surface area contributed by atoms with Crippen molar-refractivity contribution in [3.8, 4) is 0 Å². The van der Waals surface area contributed by atoms with Crippen molar-refractivity contribution in [3.05, 3.63) is 46.7 Å². The molecule has 6 heteroatoms. The molecule has 0 aliphatic carbocycles. The van der Waals surface area contributed by atoms with E-state index in [2.05, 4.69) is 22.5 Å². The molecule has 1 aromatic carbocycles. The van der Waals surface area contributed by atoms with E-state index in [1.165, 1.54) is 11.0 Å². The Morgan fingerprint density at radius 1 is 1.52 bits per heavy atom. The lowest BCUT2D eigenvalue weighted by Gasteiger charge is -2.29. The average molecular weight is 358 g/mol. The number of carbonyl (C=O) groups is 1. The monoisotopic (exact) mass is 357 g/mol. The highest BCUT2D eigenvalue weighted by Crippen LogP contribution is 2.18. The minimum atomic E-state index is -0.631. The topological polar surface area (TPSA) is 38.8 Å². The Labute approximate surface area is 131 Å². The molecule has 2 rings (SSSR count). The average Bonchev–Trinajstić information content (AvgIpc) is 2.50. The molecule has 1 amide bonds. The van der Waals surface area contributed by atoms with Gasteiger partial charge in [0.25, 0.3) is 5.91 Å². The summed E-state index contributed by atoms with van der Waals surface area (Å²) in [7, 11) is 0. The van der Waals surface area contributed by atoms with E-state index >= 15 is 0 Å². The van der Waals surface area contributed by atoms with Gasteiger partial charge in [-0.1, -0.05) is 22.0 Å². The minimum Gasteiger partial charge on any atom is -0.376 e. The molecule has 0 spiro atoms. The second-order valence-corrected chi connectivity index (χ2v) is 5.59. The van der Waals surface area contributed by atoms with Crippen molar-refractivity contribution in [2.24, 2.45) is 0 Å². The fourth-order valence-corrected chi connectivity index (χ4v) is 2.50. The first-order valence-corrected chi connectivity index (χ1v) is 7.44. The van der Waals surface area contributed by atoms with E-state index in [1.54, 1.807) is 18.2 Å². The molecule has 1 atom stereocenters. The third-order valence-electron chi connectivity index (χ3n) is 3.12. The molecular formula is C15H17BrFNO3. The SMILES string of the molecule is C=CCN(Cc1cc(Br)ccc1F)C(=O)C1COCCO1. The number of ether oxygens (including phenoxy) is 2. The van der Waals surface area contributed by atoms with Crippen LogP contribution in [-0.4, -0.2) is 43.3 Å². The summed E-state index contributed by atoms with van der Waals surface area (Å²) in [6.45, 7) is 5.24. The first-order valence-electron chi connectivity index (χ1n) is 6.64. The largest absolute Gasteiger partial charge is 0.376 e. The van der Waals surface area contributed by atoms with Crippen molar-refractivity contribution in [2.45, 2.75) is 12.6 Å². The highest BCUT2D eigenvalue weighted by Gasteiger charge is 2.27. The predicted molar refractivity (Wildman–Crippen MR) is 80.3 cm³/mol. The molecule has 1 aliphatic rings. The summed E-state index contributed by atoms with van der Waals surface area (Å²) in [5.41, 5.74) is 0.441. The van der Waals surface area contributed by atoms with E-state index in [1.807, 2.05) is 0 Å². The van der Waals surface area contributed by atoms with E-state index in [4.69, 9.17) is 9.47 Å². The van der Waals surface area contributed by atoms with Crippen molar-refractivity contribution >= 4 is 21.8 Å². The molecule has 21 heavy (non-hydrogen) atoms. The second-order valence-electron chi connectivity index (χ2n) is 4.68. The van der Waals surface area contributed by atoms with Crippen LogP contribution >= 0.6 is 15.9 Å². The molecule has 1 unspecified atom stereocenters. The first-order chi connectivity index (χ1) is 10.1. The fourth-order valence-electron chi connectivity index (χ4n) is 2.09. The van der Waals surface area contributed by atoms with Crippen LogP contribution < -0.4 is 0 Å².